The molecular weight excluding hydrogens is 232 g/mol. The van der Waals surface area contributed by atoms with E-state index >= 15 is 0 Å². The van der Waals surface area contributed by atoms with Gasteiger partial charge in [-0.15, -0.1) is 0 Å². The fraction of sp³-hybridized carbons (Fsp3) is 0.353. The molecule has 2 aromatic rings. The van der Waals surface area contributed by atoms with Crippen LogP contribution in [-0.2, 0) is 6.54 Å². The molecule has 1 aromatic heterocycles. The molecule has 0 spiro atoms. The zero-order chi connectivity index (χ0) is 13.1. The van der Waals surface area contributed by atoms with Gasteiger partial charge in [0.15, 0.2) is 0 Å². The smallest absolute Gasteiger partial charge is 0.0575 e. The zero-order valence-electron chi connectivity index (χ0n) is 11.4. The average Bonchev–Trinajstić information content (AvgIpc) is 2.82. The van der Waals surface area contributed by atoms with Crippen LogP contribution in [0.5, 0.6) is 0 Å². The first-order valence-electron chi connectivity index (χ1n) is 7.02. The Balaban J connectivity index is 1.79. The van der Waals surface area contributed by atoms with Crippen LogP contribution < -0.4 is 0 Å². The lowest BCUT2D eigenvalue weighted by molar-refractivity contribution is 0.241. The van der Waals surface area contributed by atoms with E-state index in [0.29, 0.717) is 6.04 Å². The van der Waals surface area contributed by atoms with Crippen LogP contribution >= 0.6 is 0 Å². The third kappa shape index (κ3) is 2.85. The van der Waals surface area contributed by atoms with Gasteiger partial charge in [-0.1, -0.05) is 43.3 Å². The van der Waals surface area contributed by atoms with Crippen molar-refractivity contribution in [2.75, 3.05) is 6.54 Å². The van der Waals surface area contributed by atoms with Crippen LogP contribution in [0.2, 0.25) is 0 Å². The fourth-order valence-corrected chi connectivity index (χ4v) is 3.01. The van der Waals surface area contributed by atoms with E-state index in [1.54, 1.807) is 0 Å². The summed E-state index contributed by atoms with van der Waals surface area (Å²) in [5.74, 6) is 0.746. The number of nitrogens with zero attached hydrogens (tertiary/aromatic N) is 2. The maximum atomic E-state index is 4.55. The predicted octanol–water partition coefficient (Wildman–Crippen LogP) is 3.66. The van der Waals surface area contributed by atoms with Gasteiger partial charge in [0.1, 0.15) is 0 Å². The van der Waals surface area contributed by atoms with Gasteiger partial charge < -0.3 is 0 Å². The van der Waals surface area contributed by atoms with E-state index < -0.39 is 0 Å². The van der Waals surface area contributed by atoms with E-state index in [4.69, 9.17) is 0 Å². The van der Waals surface area contributed by atoms with Crippen molar-refractivity contribution in [2.24, 2.45) is 5.92 Å². The topological polar surface area (TPSA) is 16.1 Å². The summed E-state index contributed by atoms with van der Waals surface area (Å²) in [6.07, 6.45) is 3.11. The minimum Gasteiger partial charge on any atom is -0.290 e. The second kappa shape index (κ2) is 5.54. The third-order valence-corrected chi connectivity index (χ3v) is 3.87. The lowest BCUT2D eigenvalue weighted by Gasteiger charge is -2.24. The SMILES string of the molecule is CC1CC(c2ccccn2)N(Cc2ccccc2)C1. The summed E-state index contributed by atoms with van der Waals surface area (Å²) in [4.78, 5) is 7.10. The van der Waals surface area contributed by atoms with E-state index in [1.807, 2.05) is 12.3 Å². The number of aromatic nitrogens is 1. The molecule has 2 heteroatoms. The highest BCUT2D eigenvalue weighted by molar-refractivity contribution is 5.17. The minimum absolute atomic E-state index is 0.469. The highest BCUT2D eigenvalue weighted by atomic mass is 15.2. The molecule has 0 amide bonds. The van der Waals surface area contributed by atoms with E-state index in [9.17, 15) is 0 Å². The van der Waals surface area contributed by atoms with Crippen molar-refractivity contribution >= 4 is 0 Å². The molecule has 1 aliphatic heterocycles. The van der Waals surface area contributed by atoms with Gasteiger partial charge in [0.2, 0.25) is 0 Å². The molecule has 19 heavy (non-hydrogen) atoms. The van der Waals surface area contributed by atoms with Crippen molar-refractivity contribution in [3.63, 3.8) is 0 Å². The van der Waals surface area contributed by atoms with Crippen LogP contribution in [0.25, 0.3) is 0 Å². The lowest BCUT2D eigenvalue weighted by atomic mass is 10.1. The predicted molar refractivity (Wildman–Crippen MR) is 77.6 cm³/mol. The van der Waals surface area contributed by atoms with Gasteiger partial charge in [-0.2, -0.15) is 0 Å². The third-order valence-electron chi connectivity index (χ3n) is 3.87. The van der Waals surface area contributed by atoms with Gasteiger partial charge in [0.05, 0.1) is 11.7 Å². The average molecular weight is 252 g/mol. The van der Waals surface area contributed by atoms with E-state index in [-0.39, 0.29) is 0 Å². The Hall–Kier alpha value is -1.67. The number of hydrogen-bond donors (Lipinski definition) is 0. The van der Waals surface area contributed by atoms with Crippen molar-refractivity contribution in [1.82, 2.24) is 9.88 Å². The van der Waals surface area contributed by atoms with Crippen molar-refractivity contribution in [3.8, 4) is 0 Å². The Bertz CT molecular complexity index is 509. The monoisotopic (exact) mass is 252 g/mol. The molecule has 0 saturated carbocycles. The zero-order valence-corrected chi connectivity index (χ0v) is 11.4. The van der Waals surface area contributed by atoms with Crippen LogP contribution in [0, 0.1) is 5.92 Å². The lowest BCUT2D eigenvalue weighted by Crippen LogP contribution is -2.23. The highest BCUT2D eigenvalue weighted by Crippen LogP contribution is 2.35. The normalized spacial score (nSPS) is 23.6. The van der Waals surface area contributed by atoms with Gasteiger partial charge in [-0.3, -0.25) is 9.88 Å². The van der Waals surface area contributed by atoms with Gasteiger partial charge in [0, 0.05) is 19.3 Å². The van der Waals surface area contributed by atoms with Crippen LogP contribution in [0.15, 0.2) is 54.7 Å². The Morgan fingerprint density at radius 3 is 2.63 bits per heavy atom. The standard InChI is InChI=1S/C17H20N2/c1-14-11-17(16-9-5-6-10-18-16)19(12-14)13-15-7-3-2-4-8-15/h2-10,14,17H,11-13H2,1H3. The molecule has 0 N–H and O–H groups in total. The largest absolute Gasteiger partial charge is 0.290 e. The molecule has 2 heterocycles. The summed E-state index contributed by atoms with van der Waals surface area (Å²) in [5, 5.41) is 0. The molecule has 2 nitrogen and oxygen atoms in total. The van der Waals surface area contributed by atoms with Crippen molar-refractivity contribution in [3.05, 3.63) is 66.0 Å². The van der Waals surface area contributed by atoms with E-state index in [0.717, 1.165) is 19.0 Å². The molecule has 1 saturated heterocycles. The first kappa shape index (κ1) is 12.4. The summed E-state index contributed by atoms with van der Waals surface area (Å²) in [7, 11) is 0. The van der Waals surface area contributed by atoms with Crippen LogP contribution in [-0.4, -0.2) is 16.4 Å². The maximum Gasteiger partial charge on any atom is 0.0575 e. The van der Waals surface area contributed by atoms with Crippen LogP contribution in [0.1, 0.15) is 30.6 Å². The summed E-state index contributed by atoms with van der Waals surface area (Å²) >= 11 is 0. The Labute approximate surface area is 115 Å². The molecule has 0 bridgehead atoms. The number of rotatable bonds is 3. The second-order valence-corrected chi connectivity index (χ2v) is 5.53. The molecule has 1 aliphatic rings. The first-order valence-corrected chi connectivity index (χ1v) is 7.02. The maximum absolute atomic E-state index is 4.55. The number of likely N-dealkylation sites (tertiary alicyclic amines) is 1. The number of pyridine rings is 1. The van der Waals surface area contributed by atoms with Crippen molar-refractivity contribution in [1.29, 1.82) is 0 Å². The van der Waals surface area contributed by atoms with E-state index in [1.165, 1.54) is 17.7 Å². The van der Waals surface area contributed by atoms with Crippen molar-refractivity contribution < 1.29 is 0 Å². The summed E-state index contributed by atoms with van der Waals surface area (Å²) in [5.41, 5.74) is 2.60. The van der Waals surface area contributed by atoms with Gasteiger partial charge in [0.25, 0.3) is 0 Å². The van der Waals surface area contributed by atoms with Gasteiger partial charge in [-0.05, 0) is 30.0 Å². The molecule has 2 unspecified atom stereocenters. The van der Waals surface area contributed by atoms with Crippen LogP contribution in [0.3, 0.4) is 0 Å². The minimum atomic E-state index is 0.469. The first-order chi connectivity index (χ1) is 9.33. The molecule has 2 atom stereocenters. The molecule has 1 aromatic carbocycles. The summed E-state index contributed by atoms with van der Waals surface area (Å²) < 4.78 is 0. The molecule has 0 aliphatic carbocycles. The van der Waals surface area contributed by atoms with Gasteiger partial charge >= 0.3 is 0 Å². The van der Waals surface area contributed by atoms with Crippen molar-refractivity contribution in [2.45, 2.75) is 25.9 Å². The Morgan fingerprint density at radius 2 is 1.89 bits per heavy atom. The fourth-order valence-electron chi connectivity index (χ4n) is 3.01. The molecular formula is C17H20N2. The molecule has 0 radical (unpaired) electrons. The highest BCUT2D eigenvalue weighted by Gasteiger charge is 2.31. The van der Waals surface area contributed by atoms with Gasteiger partial charge in [-0.25, -0.2) is 0 Å². The van der Waals surface area contributed by atoms with Crippen LogP contribution in [0.4, 0.5) is 0 Å². The van der Waals surface area contributed by atoms with E-state index in [2.05, 4.69) is 59.3 Å². The summed E-state index contributed by atoms with van der Waals surface area (Å²) in [6.45, 7) is 4.52. The summed E-state index contributed by atoms with van der Waals surface area (Å²) in [6, 6.07) is 17.4. The Morgan fingerprint density at radius 1 is 1.11 bits per heavy atom. The second-order valence-electron chi connectivity index (χ2n) is 5.53. The molecule has 1 fully saturated rings. The molecule has 3 rings (SSSR count). The quantitative estimate of drug-likeness (QED) is 0.828. The number of benzene rings is 1. The molecule has 98 valence electrons. The Kier molecular flexibility index (Phi) is 3.60. The number of hydrogen-bond acceptors (Lipinski definition) is 2.